The first-order valence-corrected chi connectivity index (χ1v) is 8.46. The lowest BCUT2D eigenvalue weighted by Gasteiger charge is -2.34. The summed E-state index contributed by atoms with van der Waals surface area (Å²) in [5.41, 5.74) is 0.708. The van der Waals surface area contributed by atoms with Crippen molar-refractivity contribution in [3.63, 3.8) is 0 Å². The lowest BCUT2D eigenvalue weighted by atomic mass is 10.1. The number of fused-ring (bicyclic) bond motifs is 2. The molecular formula is C18H20N4O3. The molecule has 2 unspecified atom stereocenters. The van der Waals surface area contributed by atoms with Crippen LogP contribution >= 0.6 is 0 Å². The molecule has 2 aromatic rings. The van der Waals surface area contributed by atoms with Gasteiger partial charge in [-0.1, -0.05) is 12.1 Å². The van der Waals surface area contributed by atoms with Crippen molar-refractivity contribution in [1.29, 1.82) is 0 Å². The molecule has 2 aliphatic heterocycles. The summed E-state index contributed by atoms with van der Waals surface area (Å²) in [4.78, 5) is 30.5. The van der Waals surface area contributed by atoms with Crippen LogP contribution in [0.2, 0.25) is 0 Å². The quantitative estimate of drug-likeness (QED) is 0.889. The highest BCUT2D eigenvalue weighted by Crippen LogP contribution is 2.33. The zero-order valence-corrected chi connectivity index (χ0v) is 14.0. The van der Waals surface area contributed by atoms with Gasteiger partial charge in [0.1, 0.15) is 11.6 Å². The van der Waals surface area contributed by atoms with Gasteiger partial charge >= 0.3 is 0 Å². The lowest BCUT2D eigenvalue weighted by molar-refractivity contribution is -0.129. The fourth-order valence-corrected chi connectivity index (χ4v) is 3.45. The summed E-state index contributed by atoms with van der Waals surface area (Å²) in [6.45, 7) is 2.43. The number of nitrogens with one attached hydrogen (secondary N) is 1. The van der Waals surface area contributed by atoms with E-state index in [2.05, 4.69) is 14.9 Å². The monoisotopic (exact) mass is 340 g/mol. The molecule has 0 aliphatic carbocycles. The van der Waals surface area contributed by atoms with Crippen LogP contribution in [0, 0.1) is 0 Å². The van der Waals surface area contributed by atoms with Gasteiger partial charge in [0.25, 0.3) is 5.91 Å². The summed E-state index contributed by atoms with van der Waals surface area (Å²) in [6, 6.07) is 7.33. The van der Waals surface area contributed by atoms with Crippen LogP contribution < -0.4 is 15.0 Å². The minimum atomic E-state index is -0.706. The Bertz CT molecular complexity index is 816. The van der Waals surface area contributed by atoms with Crippen LogP contribution in [-0.2, 0) is 22.6 Å². The third-order valence-electron chi connectivity index (χ3n) is 4.73. The molecule has 0 saturated carbocycles. The molecule has 0 radical (unpaired) electrons. The molecule has 7 heteroatoms. The molecule has 1 aromatic carbocycles. The van der Waals surface area contributed by atoms with Gasteiger partial charge in [-0.05, 0) is 18.6 Å². The molecule has 4 rings (SSSR count). The smallest absolute Gasteiger partial charge is 0.263 e. The van der Waals surface area contributed by atoms with Crippen LogP contribution in [0.1, 0.15) is 19.2 Å². The van der Waals surface area contributed by atoms with Crippen LogP contribution in [0.25, 0.3) is 0 Å². The third-order valence-corrected chi connectivity index (χ3v) is 4.73. The number of aromatic nitrogens is 2. The second kappa shape index (κ2) is 6.23. The van der Waals surface area contributed by atoms with E-state index in [0.717, 1.165) is 18.7 Å². The van der Waals surface area contributed by atoms with Crippen LogP contribution in [0.4, 0.5) is 5.69 Å². The number of benzene rings is 1. The van der Waals surface area contributed by atoms with Gasteiger partial charge in [0.15, 0.2) is 6.10 Å². The molecule has 0 saturated heterocycles. The van der Waals surface area contributed by atoms with Crippen molar-refractivity contribution in [2.24, 2.45) is 0 Å². The molecule has 0 bridgehead atoms. The Labute approximate surface area is 145 Å². The van der Waals surface area contributed by atoms with E-state index < -0.39 is 6.10 Å². The largest absolute Gasteiger partial charge is 0.477 e. The fourth-order valence-electron chi connectivity index (χ4n) is 3.45. The van der Waals surface area contributed by atoms with E-state index in [-0.39, 0.29) is 24.4 Å². The SMILES string of the molecule is CC(=O)N1CC(C(=O)NC2CCc3nccn3C2)Oc2ccccc21. The fraction of sp³-hybridized carbons (Fsp3) is 0.389. The molecule has 0 fully saturated rings. The average Bonchev–Trinajstić information content (AvgIpc) is 3.08. The van der Waals surface area contributed by atoms with E-state index in [9.17, 15) is 9.59 Å². The van der Waals surface area contributed by atoms with Crippen LogP contribution in [0.3, 0.4) is 0 Å². The second-order valence-corrected chi connectivity index (χ2v) is 6.44. The Morgan fingerprint density at radius 1 is 1.28 bits per heavy atom. The van der Waals surface area contributed by atoms with Crippen molar-refractivity contribution >= 4 is 17.5 Å². The molecule has 3 heterocycles. The predicted octanol–water partition coefficient (Wildman–Crippen LogP) is 1.13. The molecule has 2 aliphatic rings. The molecular weight excluding hydrogens is 320 g/mol. The number of ether oxygens (including phenoxy) is 1. The van der Waals surface area contributed by atoms with Crippen LogP contribution in [0.15, 0.2) is 36.7 Å². The summed E-state index contributed by atoms with van der Waals surface area (Å²) in [6.07, 6.45) is 4.70. The van der Waals surface area contributed by atoms with E-state index in [4.69, 9.17) is 4.74 Å². The number of amides is 2. The molecule has 2 amide bonds. The standard InChI is InChI=1S/C18H20N4O3/c1-12(23)22-11-16(25-15-5-3-2-4-14(15)22)18(24)20-13-6-7-17-19-8-9-21(17)10-13/h2-5,8-9,13,16H,6-7,10-11H2,1H3,(H,20,24). The van der Waals surface area contributed by atoms with Crippen molar-refractivity contribution in [3.8, 4) is 5.75 Å². The predicted molar refractivity (Wildman–Crippen MR) is 91.4 cm³/mol. The van der Waals surface area contributed by atoms with E-state index >= 15 is 0 Å². The van der Waals surface area contributed by atoms with Gasteiger partial charge in [-0.15, -0.1) is 0 Å². The van der Waals surface area contributed by atoms with Gasteiger partial charge < -0.3 is 19.5 Å². The zero-order valence-electron chi connectivity index (χ0n) is 14.0. The van der Waals surface area contributed by atoms with Gasteiger partial charge in [0.2, 0.25) is 5.91 Å². The minimum Gasteiger partial charge on any atom is -0.477 e. The Hall–Kier alpha value is -2.83. The van der Waals surface area contributed by atoms with E-state index in [1.165, 1.54) is 6.92 Å². The number of para-hydroxylation sites is 2. The number of rotatable bonds is 2. The van der Waals surface area contributed by atoms with Crippen molar-refractivity contribution in [2.75, 3.05) is 11.4 Å². The van der Waals surface area contributed by atoms with Crippen molar-refractivity contribution < 1.29 is 14.3 Å². The number of aryl methyl sites for hydroxylation is 1. The van der Waals surface area contributed by atoms with Crippen LogP contribution in [0.5, 0.6) is 5.75 Å². The highest BCUT2D eigenvalue weighted by molar-refractivity contribution is 5.95. The van der Waals surface area contributed by atoms with Crippen molar-refractivity contribution in [3.05, 3.63) is 42.5 Å². The van der Waals surface area contributed by atoms with E-state index in [1.807, 2.05) is 24.4 Å². The van der Waals surface area contributed by atoms with E-state index in [1.54, 1.807) is 17.2 Å². The lowest BCUT2D eigenvalue weighted by Crippen LogP contribution is -2.53. The first-order valence-electron chi connectivity index (χ1n) is 8.46. The maximum atomic E-state index is 12.7. The van der Waals surface area contributed by atoms with Gasteiger partial charge in [-0.25, -0.2) is 4.98 Å². The van der Waals surface area contributed by atoms with Crippen LogP contribution in [-0.4, -0.2) is 40.1 Å². The van der Waals surface area contributed by atoms with Gasteiger partial charge in [0, 0.05) is 38.3 Å². The number of carbonyl (C=O) groups is 2. The number of hydrogen-bond donors (Lipinski definition) is 1. The zero-order chi connectivity index (χ0) is 17.4. The normalized spacial score (nSPS) is 21.7. The molecule has 7 nitrogen and oxygen atoms in total. The van der Waals surface area contributed by atoms with Crippen molar-refractivity contribution in [1.82, 2.24) is 14.9 Å². The Kier molecular flexibility index (Phi) is 3.91. The summed E-state index contributed by atoms with van der Waals surface area (Å²) >= 11 is 0. The minimum absolute atomic E-state index is 0.0424. The summed E-state index contributed by atoms with van der Waals surface area (Å²) < 4.78 is 7.91. The maximum absolute atomic E-state index is 12.7. The summed E-state index contributed by atoms with van der Waals surface area (Å²) in [5, 5.41) is 3.06. The molecule has 25 heavy (non-hydrogen) atoms. The molecule has 0 spiro atoms. The number of hydrogen-bond acceptors (Lipinski definition) is 4. The molecule has 130 valence electrons. The first-order chi connectivity index (χ1) is 12.1. The summed E-state index contributed by atoms with van der Waals surface area (Å²) in [7, 11) is 0. The molecule has 2 atom stereocenters. The topological polar surface area (TPSA) is 76.5 Å². The number of carbonyl (C=O) groups excluding carboxylic acids is 2. The third kappa shape index (κ3) is 2.97. The summed E-state index contributed by atoms with van der Waals surface area (Å²) in [5.74, 6) is 1.32. The Morgan fingerprint density at radius 3 is 2.96 bits per heavy atom. The van der Waals surface area contributed by atoms with E-state index in [0.29, 0.717) is 18.0 Å². The molecule has 1 aromatic heterocycles. The number of anilines is 1. The van der Waals surface area contributed by atoms with Gasteiger partial charge in [-0.2, -0.15) is 0 Å². The van der Waals surface area contributed by atoms with Gasteiger partial charge in [-0.3, -0.25) is 9.59 Å². The maximum Gasteiger partial charge on any atom is 0.263 e. The highest BCUT2D eigenvalue weighted by Gasteiger charge is 2.33. The Balaban J connectivity index is 1.47. The number of imidazole rings is 1. The first kappa shape index (κ1) is 15.7. The second-order valence-electron chi connectivity index (χ2n) is 6.44. The molecule has 1 N–H and O–H groups in total. The van der Waals surface area contributed by atoms with Crippen molar-refractivity contribution in [2.45, 2.75) is 38.5 Å². The number of nitrogens with zero attached hydrogens (tertiary/aromatic N) is 3. The average molecular weight is 340 g/mol. The Morgan fingerprint density at radius 2 is 2.12 bits per heavy atom. The van der Waals surface area contributed by atoms with Gasteiger partial charge in [0.05, 0.1) is 12.2 Å². The highest BCUT2D eigenvalue weighted by atomic mass is 16.5.